The SMILES string of the molecule is CCCCCN[C@@H](CC(N)=O)C(=O)OC(=O)[C@H](CC(N)=O)NCCCCC. The molecule has 0 bridgehead atoms. The van der Waals surface area contributed by atoms with E-state index in [-0.39, 0.29) is 12.8 Å². The Morgan fingerprint density at radius 3 is 1.41 bits per heavy atom. The average molecular weight is 386 g/mol. The highest BCUT2D eigenvalue weighted by Gasteiger charge is 2.29. The number of nitrogens with two attached hydrogens (primary N) is 2. The molecule has 2 atom stereocenters. The average Bonchev–Trinajstić information content (AvgIpc) is 2.59. The lowest BCUT2D eigenvalue weighted by atomic mass is 10.1. The first-order valence-corrected chi connectivity index (χ1v) is 9.60. The Balaban J connectivity index is 4.76. The molecule has 2 amide bonds. The summed E-state index contributed by atoms with van der Waals surface area (Å²) >= 11 is 0. The number of esters is 2. The number of carbonyl (C=O) groups excluding carboxylic acids is 4. The van der Waals surface area contributed by atoms with Crippen molar-refractivity contribution in [3.05, 3.63) is 0 Å². The van der Waals surface area contributed by atoms with Crippen LogP contribution in [-0.2, 0) is 23.9 Å². The molecule has 0 radical (unpaired) electrons. The Bertz CT molecular complexity index is 442. The van der Waals surface area contributed by atoms with Crippen molar-refractivity contribution in [3.63, 3.8) is 0 Å². The third kappa shape index (κ3) is 12.9. The minimum absolute atomic E-state index is 0.275. The monoisotopic (exact) mass is 386 g/mol. The summed E-state index contributed by atoms with van der Waals surface area (Å²) in [5.41, 5.74) is 10.3. The molecular formula is C18H34N4O5. The third-order valence-corrected chi connectivity index (χ3v) is 3.92. The van der Waals surface area contributed by atoms with E-state index in [1.807, 2.05) is 13.8 Å². The van der Waals surface area contributed by atoms with E-state index < -0.39 is 35.8 Å². The fourth-order valence-corrected chi connectivity index (χ4v) is 2.42. The van der Waals surface area contributed by atoms with Crippen molar-refractivity contribution in [1.82, 2.24) is 10.6 Å². The van der Waals surface area contributed by atoms with Crippen molar-refractivity contribution >= 4 is 23.8 Å². The van der Waals surface area contributed by atoms with E-state index in [0.717, 1.165) is 38.5 Å². The quantitative estimate of drug-likeness (QED) is 0.167. The van der Waals surface area contributed by atoms with Crippen LogP contribution in [-0.4, -0.2) is 48.9 Å². The highest BCUT2D eigenvalue weighted by molar-refractivity contribution is 5.94. The van der Waals surface area contributed by atoms with Crippen molar-refractivity contribution in [2.45, 2.75) is 77.3 Å². The van der Waals surface area contributed by atoms with E-state index in [0.29, 0.717) is 13.1 Å². The molecule has 0 saturated heterocycles. The molecule has 0 heterocycles. The number of ether oxygens (including phenoxy) is 1. The van der Waals surface area contributed by atoms with Crippen LogP contribution in [0.15, 0.2) is 0 Å². The lowest BCUT2D eigenvalue weighted by Gasteiger charge is -2.19. The van der Waals surface area contributed by atoms with E-state index >= 15 is 0 Å². The summed E-state index contributed by atoms with van der Waals surface area (Å²) in [4.78, 5) is 46.9. The molecule has 0 aromatic heterocycles. The van der Waals surface area contributed by atoms with Gasteiger partial charge in [-0.05, 0) is 25.9 Å². The zero-order valence-corrected chi connectivity index (χ0v) is 16.4. The summed E-state index contributed by atoms with van der Waals surface area (Å²) in [7, 11) is 0. The number of nitrogens with one attached hydrogen (secondary N) is 2. The Labute approximate surface area is 160 Å². The van der Waals surface area contributed by atoms with Crippen LogP contribution in [0.3, 0.4) is 0 Å². The number of hydrogen-bond acceptors (Lipinski definition) is 7. The summed E-state index contributed by atoms with van der Waals surface area (Å²) in [6.45, 7) is 5.07. The summed E-state index contributed by atoms with van der Waals surface area (Å²) in [5.74, 6) is -3.14. The summed E-state index contributed by atoms with van der Waals surface area (Å²) in [6.07, 6.45) is 5.02. The van der Waals surface area contributed by atoms with Gasteiger partial charge in [-0.25, -0.2) is 9.59 Å². The lowest BCUT2D eigenvalue weighted by Crippen LogP contribution is -2.46. The third-order valence-electron chi connectivity index (χ3n) is 3.92. The van der Waals surface area contributed by atoms with Gasteiger partial charge in [0.25, 0.3) is 0 Å². The molecule has 0 saturated carbocycles. The fraction of sp³-hybridized carbons (Fsp3) is 0.778. The zero-order chi connectivity index (χ0) is 20.7. The largest absolute Gasteiger partial charge is 0.391 e. The second-order valence-corrected chi connectivity index (χ2v) is 6.51. The zero-order valence-electron chi connectivity index (χ0n) is 16.4. The van der Waals surface area contributed by atoms with Crippen molar-refractivity contribution in [1.29, 1.82) is 0 Å². The van der Waals surface area contributed by atoms with Gasteiger partial charge in [-0.2, -0.15) is 0 Å². The normalized spacial score (nSPS) is 13.0. The van der Waals surface area contributed by atoms with E-state index in [1.54, 1.807) is 0 Å². The van der Waals surface area contributed by atoms with Crippen LogP contribution in [0, 0.1) is 0 Å². The van der Waals surface area contributed by atoms with Crippen LogP contribution in [0.25, 0.3) is 0 Å². The van der Waals surface area contributed by atoms with E-state index in [2.05, 4.69) is 10.6 Å². The maximum Gasteiger partial charge on any atom is 0.331 e. The Kier molecular flexibility index (Phi) is 14.0. The number of amides is 2. The van der Waals surface area contributed by atoms with Gasteiger partial charge in [0.2, 0.25) is 11.8 Å². The molecule has 0 aliphatic carbocycles. The molecular weight excluding hydrogens is 352 g/mol. The number of carbonyl (C=O) groups is 4. The molecule has 6 N–H and O–H groups in total. The maximum absolute atomic E-state index is 12.3. The minimum atomic E-state index is -1.00. The molecule has 156 valence electrons. The summed E-state index contributed by atoms with van der Waals surface area (Å²) < 4.78 is 4.87. The standard InChI is InChI=1S/C18H34N4O5/c1-3-5-7-9-21-13(11-15(19)23)17(25)27-18(26)14(12-16(20)24)22-10-8-6-4-2/h13-14,21-22H,3-12H2,1-2H3,(H2,19,23)(H2,20,24)/t13-,14-/m0/s1. The minimum Gasteiger partial charge on any atom is -0.391 e. The van der Waals surface area contributed by atoms with E-state index in [4.69, 9.17) is 16.2 Å². The van der Waals surface area contributed by atoms with Gasteiger partial charge < -0.3 is 26.8 Å². The highest BCUT2D eigenvalue weighted by atomic mass is 16.6. The first kappa shape index (κ1) is 25.0. The Morgan fingerprint density at radius 2 is 1.11 bits per heavy atom. The molecule has 0 aromatic carbocycles. The van der Waals surface area contributed by atoms with Crippen molar-refractivity contribution in [2.75, 3.05) is 13.1 Å². The second kappa shape index (κ2) is 15.1. The van der Waals surface area contributed by atoms with Gasteiger partial charge in [0, 0.05) is 0 Å². The van der Waals surface area contributed by atoms with E-state index in [1.165, 1.54) is 0 Å². The first-order chi connectivity index (χ1) is 12.8. The maximum atomic E-state index is 12.3. The molecule has 0 unspecified atom stereocenters. The molecule has 0 aromatic rings. The topological polar surface area (TPSA) is 154 Å². The molecule has 0 spiro atoms. The van der Waals surface area contributed by atoms with Crippen LogP contribution in [0.4, 0.5) is 0 Å². The number of primary amides is 2. The number of hydrogen-bond donors (Lipinski definition) is 4. The lowest BCUT2D eigenvalue weighted by molar-refractivity contribution is -0.163. The predicted molar refractivity (Wildman–Crippen MR) is 101 cm³/mol. The fourth-order valence-electron chi connectivity index (χ4n) is 2.42. The van der Waals surface area contributed by atoms with Crippen molar-refractivity contribution in [3.8, 4) is 0 Å². The highest BCUT2D eigenvalue weighted by Crippen LogP contribution is 2.03. The Hall–Kier alpha value is -2.00. The van der Waals surface area contributed by atoms with Gasteiger partial charge in [0.15, 0.2) is 0 Å². The van der Waals surface area contributed by atoms with E-state index in [9.17, 15) is 19.2 Å². The van der Waals surface area contributed by atoms with Gasteiger partial charge in [-0.15, -0.1) is 0 Å². The van der Waals surface area contributed by atoms with Gasteiger partial charge in [-0.1, -0.05) is 39.5 Å². The predicted octanol–water partition coefficient (Wildman–Crippen LogP) is 0.104. The number of unbranched alkanes of at least 4 members (excludes halogenated alkanes) is 4. The van der Waals surface area contributed by atoms with Crippen molar-refractivity contribution in [2.24, 2.45) is 11.5 Å². The van der Waals surface area contributed by atoms with Crippen LogP contribution in [0.2, 0.25) is 0 Å². The van der Waals surface area contributed by atoms with Crippen LogP contribution in [0.1, 0.15) is 65.2 Å². The van der Waals surface area contributed by atoms with Crippen LogP contribution in [0.5, 0.6) is 0 Å². The van der Waals surface area contributed by atoms with Gasteiger partial charge in [0.05, 0.1) is 12.8 Å². The molecule has 0 fully saturated rings. The molecule has 27 heavy (non-hydrogen) atoms. The Morgan fingerprint density at radius 1 is 0.741 bits per heavy atom. The summed E-state index contributed by atoms with van der Waals surface area (Å²) in [5, 5.41) is 5.78. The molecule has 9 nitrogen and oxygen atoms in total. The van der Waals surface area contributed by atoms with Gasteiger partial charge in [-0.3, -0.25) is 9.59 Å². The second-order valence-electron chi connectivity index (χ2n) is 6.51. The van der Waals surface area contributed by atoms with Gasteiger partial charge in [0.1, 0.15) is 12.1 Å². The molecule has 0 aliphatic rings. The summed E-state index contributed by atoms with van der Waals surface area (Å²) in [6, 6.07) is -2.00. The molecule has 9 heteroatoms. The number of rotatable bonds is 16. The van der Waals surface area contributed by atoms with Gasteiger partial charge >= 0.3 is 11.9 Å². The molecule has 0 aliphatic heterocycles. The first-order valence-electron chi connectivity index (χ1n) is 9.60. The van der Waals surface area contributed by atoms with Crippen LogP contribution >= 0.6 is 0 Å². The van der Waals surface area contributed by atoms with Crippen LogP contribution < -0.4 is 22.1 Å². The molecule has 0 rings (SSSR count). The smallest absolute Gasteiger partial charge is 0.331 e. The van der Waals surface area contributed by atoms with Crippen molar-refractivity contribution < 1.29 is 23.9 Å².